The monoisotopic (exact) mass is 373 g/mol. The Hall–Kier alpha value is -2.53. The molecule has 0 aromatic heterocycles. The van der Waals surface area contributed by atoms with Crippen LogP contribution in [0.2, 0.25) is 0 Å². The summed E-state index contributed by atoms with van der Waals surface area (Å²) in [6.07, 6.45) is 2.33. The number of anilines is 2. The molecule has 3 N–H and O–H groups in total. The average molecular weight is 374 g/mol. The van der Waals surface area contributed by atoms with Gasteiger partial charge in [-0.15, -0.1) is 12.4 Å². The van der Waals surface area contributed by atoms with Crippen LogP contribution in [-0.2, 0) is 22.4 Å². The summed E-state index contributed by atoms with van der Waals surface area (Å²) >= 11 is 0. The van der Waals surface area contributed by atoms with Crippen molar-refractivity contribution in [3.63, 3.8) is 0 Å². The molecule has 26 heavy (non-hydrogen) atoms. The molecule has 1 heterocycles. The Morgan fingerprint density at radius 1 is 1.08 bits per heavy atom. The van der Waals surface area contributed by atoms with Crippen LogP contribution < -0.4 is 16.0 Å². The summed E-state index contributed by atoms with van der Waals surface area (Å²) in [6.45, 7) is 1.26. The normalized spacial score (nSPS) is 12.2. The van der Waals surface area contributed by atoms with Crippen molar-refractivity contribution in [1.29, 1.82) is 0 Å². The van der Waals surface area contributed by atoms with Crippen LogP contribution in [0.3, 0.4) is 0 Å². The van der Waals surface area contributed by atoms with Crippen molar-refractivity contribution in [3.8, 4) is 0 Å². The zero-order valence-corrected chi connectivity index (χ0v) is 15.4. The molecule has 6 heteroatoms. The van der Waals surface area contributed by atoms with Gasteiger partial charge in [0.2, 0.25) is 11.8 Å². The van der Waals surface area contributed by atoms with Gasteiger partial charge >= 0.3 is 0 Å². The van der Waals surface area contributed by atoms with Gasteiger partial charge in [-0.25, -0.2) is 0 Å². The van der Waals surface area contributed by atoms with E-state index >= 15 is 0 Å². The predicted octanol–water partition coefficient (Wildman–Crippen LogP) is 2.72. The molecule has 0 saturated carbocycles. The first-order valence-electron chi connectivity index (χ1n) is 8.63. The summed E-state index contributed by atoms with van der Waals surface area (Å²) in [5, 5.41) is 2.87. The zero-order chi connectivity index (χ0) is 17.6. The third kappa shape index (κ3) is 4.99. The van der Waals surface area contributed by atoms with Crippen LogP contribution in [-0.4, -0.2) is 24.9 Å². The van der Waals surface area contributed by atoms with E-state index < -0.39 is 0 Å². The van der Waals surface area contributed by atoms with Crippen molar-refractivity contribution in [2.24, 2.45) is 0 Å². The van der Waals surface area contributed by atoms with Crippen molar-refractivity contribution in [2.75, 3.05) is 23.7 Å². The second-order valence-corrected chi connectivity index (χ2v) is 6.30. The minimum absolute atomic E-state index is 0. The molecule has 0 atom stereocenters. The summed E-state index contributed by atoms with van der Waals surface area (Å²) in [7, 11) is 0. The summed E-state index contributed by atoms with van der Waals surface area (Å²) in [5.41, 5.74) is 9.50. The van der Waals surface area contributed by atoms with Crippen molar-refractivity contribution < 1.29 is 9.59 Å². The molecule has 5 nitrogen and oxygen atoms in total. The van der Waals surface area contributed by atoms with E-state index in [-0.39, 0.29) is 24.2 Å². The maximum absolute atomic E-state index is 12.4. The average Bonchev–Trinajstić information content (AvgIpc) is 3.05. The Kier molecular flexibility index (Phi) is 7.04. The third-order valence-corrected chi connectivity index (χ3v) is 4.42. The number of nitrogens with zero attached hydrogens (tertiary/aromatic N) is 1. The van der Waals surface area contributed by atoms with Gasteiger partial charge in [0.15, 0.2) is 0 Å². The molecule has 1 aliphatic heterocycles. The highest BCUT2D eigenvalue weighted by Crippen LogP contribution is 2.27. The number of nitrogen functional groups attached to an aromatic ring is 1. The van der Waals surface area contributed by atoms with Crippen LogP contribution in [0.15, 0.2) is 48.5 Å². The number of nitrogens with two attached hydrogens (primary N) is 1. The number of hydrogen-bond acceptors (Lipinski definition) is 3. The van der Waals surface area contributed by atoms with Crippen LogP contribution in [0.25, 0.3) is 0 Å². The smallest absolute Gasteiger partial charge is 0.227 e. The standard InChI is InChI=1S/C20H23N3O2.ClH/c21-17-9-7-15(8-10-17)14-19(24)22-12-3-6-20(25)23-13-11-16-4-1-2-5-18(16)23;/h1-2,4-5,7-10H,3,6,11-14,21H2,(H,22,24);1H. The molecule has 0 spiro atoms. The van der Waals surface area contributed by atoms with E-state index in [0.29, 0.717) is 31.5 Å². The van der Waals surface area contributed by atoms with E-state index in [4.69, 9.17) is 5.73 Å². The maximum Gasteiger partial charge on any atom is 0.227 e. The fourth-order valence-corrected chi connectivity index (χ4v) is 3.08. The van der Waals surface area contributed by atoms with E-state index in [0.717, 1.165) is 24.2 Å². The molecule has 0 fully saturated rings. The minimum Gasteiger partial charge on any atom is -0.399 e. The van der Waals surface area contributed by atoms with Gasteiger partial charge in [-0.05, 0) is 42.2 Å². The number of para-hydroxylation sites is 1. The van der Waals surface area contributed by atoms with E-state index in [2.05, 4.69) is 11.4 Å². The van der Waals surface area contributed by atoms with Crippen molar-refractivity contribution in [1.82, 2.24) is 5.32 Å². The molecule has 138 valence electrons. The van der Waals surface area contributed by atoms with Gasteiger partial charge in [0.05, 0.1) is 6.42 Å². The zero-order valence-electron chi connectivity index (χ0n) is 14.6. The topological polar surface area (TPSA) is 75.4 Å². The maximum atomic E-state index is 12.4. The van der Waals surface area contributed by atoms with E-state index in [1.54, 1.807) is 12.1 Å². The number of rotatable bonds is 6. The van der Waals surface area contributed by atoms with Gasteiger partial charge in [0, 0.05) is 30.9 Å². The van der Waals surface area contributed by atoms with Gasteiger partial charge in [-0.3, -0.25) is 9.59 Å². The number of carbonyl (C=O) groups excluding carboxylic acids is 2. The van der Waals surface area contributed by atoms with Gasteiger partial charge in [-0.2, -0.15) is 0 Å². The highest BCUT2D eigenvalue weighted by Gasteiger charge is 2.23. The number of fused-ring (bicyclic) bond motifs is 1. The second kappa shape index (κ2) is 9.25. The highest BCUT2D eigenvalue weighted by molar-refractivity contribution is 5.95. The lowest BCUT2D eigenvalue weighted by molar-refractivity contribution is -0.121. The Morgan fingerprint density at radius 2 is 1.81 bits per heavy atom. The lowest BCUT2D eigenvalue weighted by atomic mass is 10.1. The number of carbonyl (C=O) groups is 2. The lowest BCUT2D eigenvalue weighted by Gasteiger charge is -2.17. The molecule has 2 amide bonds. The summed E-state index contributed by atoms with van der Waals surface area (Å²) < 4.78 is 0. The first-order chi connectivity index (χ1) is 12.1. The molecule has 0 radical (unpaired) electrons. The molecule has 3 rings (SSSR count). The molecular formula is C20H24ClN3O2. The number of amides is 2. The van der Waals surface area contributed by atoms with E-state index in [9.17, 15) is 9.59 Å². The Morgan fingerprint density at radius 3 is 2.58 bits per heavy atom. The molecule has 0 saturated heterocycles. The Balaban J connectivity index is 0.00000243. The third-order valence-electron chi connectivity index (χ3n) is 4.42. The quantitative estimate of drug-likeness (QED) is 0.603. The molecule has 2 aromatic rings. The second-order valence-electron chi connectivity index (χ2n) is 6.30. The van der Waals surface area contributed by atoms with Gasteiger partial charge in [0.25, 0.3) is 0 Å². The molecule has 1 aliphatic rings. The van der Waals surface area contributed by atoms with E-state index in [1.165, 1.54) is 5.56 Å². The van der Waals surface area contributed by atoms with Crippen LogP contribution in [0.5, 0.6) is 0 Å². The van der Waals surface area contributed by atoms with Crippen LogP contribution >= 0.6 is 12.4 Å². The van der Waals surface area contributed by atoms with Crippen LogP contribution in [0.4, 0.5) is 11.4 Å². The van der Waals surface area contributed by atoms with Gasteiger partial charge in [-0.1, -0.05) is 30.3 Å². The molecule has 0 bridgehead atoms. The van der Waals surface area contributed by atoms with Crippen molar-refractivity contribution >= 4 is 35.6 Å². The summed E-state index contributed by atoms with van der Waals surface area (Å²) in [4.78, 5) is 26.2. The first-order valence-corrected chi connectivity index (χ1v) is 8.63. The van der Waals surface area contributed by atoms with Crippen LogP contribution in [0, 0.1) is 0 Å². The molecule has 0 unspecified atom stereocenters. The number of benzene rings is 2. The van der Waals surface area contributed by atoms with Crippen molar-refractivity contribution in [3.05, 3.63) is 59.7 Å². The highest BCUT2D eigenvalue weighted by atomic mass is 35.5. The summed E-state index contributed by atoms with van der Waals surface area (Å²) in [5.74, 6) is 0.0847. The molecular weight excluding hydrogens is 350 g/mol. The summed E-state index contributed by atoms with van der Waals surface area (Å²) in [6, 6.07) is 15.3. The molecule has 0 aliphatic carbocycles. The SMILES string of the molecule is Cl.Nc1ccc(CC(=O)NCCCC(=O)N2CCc3ccccc32)cc1. The van der Waals surface area contributed by atoms with Gasteiger partial charge in [0.1, 0.15) is 0 Å². The fraction of sp³-hybridized carbons (Fsp3) is 0.300. The van der Waals surface area contributed by atoms with E-state index in [1.807, 2.05) is 35.2 Å². The molecule has 2 aromatic carbocycles. The minimum atomic E-state index is -0.0382. The lowest BCUT2D eigenvalue weighted by Crippen LogP contribution is -2.31. The predicted molar refractivity (Wildman–Crippen MR) is 107 cm³/mol. The van der Waals surface area contributed by atoms with Crippen molar-refractivity contribution in [2.45, 2.75) is 25.7 Å². The fourth-order valence-electron chi connectivity index (χ4n) is 3.08. The Labute approximate surface area is 160 Å². The number of hydrogen-bond donors (Lipinski definition) is 2. The van der Waals surface area contributed by atoms with Crippen LogP contribution in [0.1, 0.15) is 24.0 Å². The largest absolute Gasteiger partial charge is 0.399 e. The first kappa shape index (κ1) is 19.8. The van der Waals surface area contributed by atoms with Gasteiger partial charge < -0.3 is 16.0 Å². The number of nitrogens with one attached hydrogen (secondary N) is 1. The Bertz CT molecular complexity index is 762. The number of halogens is 1.